The molecule has 312 valence electrons. The second-order valence-electron chi connectivity index (χ2n) is 14.8. The number of ether oxygens (including phenoxy) is 4. The molecule has 0 radical (unpaired) electrons. The summed E-state index contributed by atoms with van der Waals surface area (Å²) in [6.07, 6.45) is 4.86. The molecule has 0 amide bonds. The first-order valence-electron chi connectivity index (χ1n) is 20.0. The van der Waals surface area contributed by atoms with Gasteiger partial charge >= 0.3 is 0 Å². The van der Waals surface area contributed by atoms with E-state index in [1.165, 1.54) is 18.5 Å². The Kier molecular flexibility index (Phi) is 12.8. The van der Waals surface area contributed by atoms with E-state index in [9.17, 15) is 9.18 Å². The van der Waals surface area contributed by atoms with Gasteiger partial charge in [0.25, 0.3) is 0 Å². The first-order valence-corrected chi connectivity index (χ1v) is 20.4. The van der Waals surface area contributed by atoms with Gasteiger partial charge in [0.2, 0.25) is 5.88 Å². The number of aldehydes is 1. The van der Waals surface area contributed by atoms with Crippen molar-refractivity contribution in [2.75, 3.05) is 53.5 Å². The molecule has 61 heavy (non-hydrogen) atoms. The van der Waals surface area contributed by atoms with Gasteiger partial charge in [-0.3, -0.25) is 9.69 Å². The number of halogens is 2. The van der Waals surface area contributed by atoms with Crippen LogP contribution in [0.15, 0.2) is 110 Å². The molecular weight excluding hydrogens is 797 g/mol. The normalized spacial score (nSPS) is 13.9. The summed E-state index contributed by atoms with van der Waals surface area (Å²) in [6, 6.07) is 26.9. The molecule has 0 N–H and O–H groups in total. The maximum absolute atomic E-state index is 14.2. The molecule has 1 atom stereocenters. The molecule has 0 aliphatic carbocycles. The average Bonchev–Trinajstić information content (AvgIpc) is 3.68. The lowest BCUT2D eigenvalue weighted by Crippen LogP contribution is -2.45. The second kappa shape index (κ2) is 18.9. The summed E-state index contributed by atoms with van der Waals surface area (Å²) in [4.78, 5) is 31.2. The van der Waals surface area contributed by atoms with Crippen molar-refractivity contribution in [1.82, 2.24) is 34.4 Å². The van der Waals surface area contributed by atoms with Gasteiger partial charge in [0.1, 0.15) is 48.1 Å². The summed E-state index contributed by atoms with van der Waals surface area (Å²) in [5.41, 5.74) is 6.42. The van der Waals surface area contributed by atoms with E-state index in [4.69, 9.17) is 35.5 Å². The number of hydrogen-bond acceptors (Lipinski definition) is 11. The maximum atomic E-state index is 14.2. The van der Waals surface area contributed by atoms with Crippen LogP contribution in [-0.2, 0) is 17.8 Å². The lowest BCUT2D eigenvalue weighted by molar-refractivity contribution is -0.113. The number of piperazine rings is 1. The second-order valence-corrected chi connectivity index (χ2v) is 15.2. The number of methoxy groups -OCH3 is 1. The Bertz CT molecular complexity index is 2630. The Labute approximate surface area is 358 Å². The van der Waals surface area contributed by atoms with Gasteiger partial charge in [-0.25, -0.2) is 18.9 Å². The fourth-order valence-corrected chi connectivity index (χ4v) is 7.69. The molecule has 1 fully saturated rings. The van der Waals surface area contributed by atoms with Gasteiger partial charge in [-0.2, -0.15) is 10.1 Å². The Morgan fingerprint density at radius 3 is 2.41 bits per heavy atom. The van der Waals surface area contributed by atoms with E-state index in [0.29, 0.717) is 51.5 Å². The van der Waals surface area contributed by atoms with Crippen molar-refractivity contribution in [2.24, 2.45) is 0 Å². The zero-order chi connectivity index (χ0) is 42.3. The molecule has 4 aromatic carbocycles. The minimum absolute atomic E-state index is 0.155. The van der Waals surface area contributed by atoms with Crippen LogP contribution in [0.1, 0.15) is 16.8 Å². The molecule has 7 aromatic rings. The number of rotatable bonds is 16. The number of benzene rings is 4. The zero-order valence-corrected chi connectivity index (χ0v) is 34.9. The summed E-state index contributed by atoms with van der Waals surface area (Å²) in [6.45, 7) is 7.42. The van der Waals surface area contributed by atoms with Crippen molar-refractivity contribution in [3.8, 4) is 56.8 Å². The van der Waals surface area contributed by atoms with Gasteiger partial charge in [0.15, 0.2) is 18.2 Å². The Morgan fingerprint density at radius 1 is 0.852 bits per heavy atom. The van der Waals surface area contributed by atoms with Crippen LogP contribution in [0, 0.1) is 12.7 Å². The third-order valence-electron chi connectivity index (χ3n) is 10.8. The van der Waals surface area contributed by atoms with Crippen molar-refractivity contribution in [2.45, 2.75) is 26.1 Å². The van der Waals surface area contributed by atoms with Crippen LogP contribution < -0.4 is 18.9 Å². The number of nitrogens with zero attached hydrogens (tertiary/aromatic N) is 7. The van der Waals surface area contributed by atoms with Gasteiger partial charge in [-0.1, -0.05) is 60.1 Å². The Hall–Kier alpha value is -6.41. The smallest absolute Gasteiger partial charge is 0.242 e. The lowest BCUT2D eigenvalue weighted by atomic mass is 9.94. The van der Waals surface area contributed by atoms with Gasteiger partial charge in [-0.15, -0.1) is 0 Å². The van der Waals surface area contributed by atoms with Crippen molar-refractivity contribution >= 4 is 23.4 Å². The molecule has 0 bridgehead atoms. The summed E-state index contributed by atoms with van der Waals surface area (Å²) in [7, 11) is 3.74. The summed E-state index contributed by atoms with van der Waals surface area (Å²) in [5, 5.41) is 5.00. The lowest BCUT2D eigenvalue weighted by Gasteiger charge is -2.32. The summed E-state index contributed by atoms with van der Waals surface area (Å²) < 4.78 is 40.3. The number of carbonyl (C=O) groups is 1. The number of para-hydroxylation sites is 2. The maximum Gasteiger partial charge on any atom is 0.242 e. The third-order valence-corrected chi connectivity index (χ3v) is 11.3. The largest absolute Gasteiger partial charge is 0.496 e. The number of fused-ring (bicyclic) bond motifs is 1. The van der Waals surface area contributed by atoms with Crippen LogP contribution in [-0.4, -0.2) is 100 Å². The highest BCUT2D eigenvalue weighted by Gasteiger charge is 2.25. The molecule has 1 saturated heterocycles. The van der Waals surface area contributed by atoms with E-state index < -0.39 is 6.10 Å². The summed E-state index contributed by atoms with van der Waals surface area (Å²) in [5.74, 6) is 2.16. The van der Waals surface area contributed by atoms with Crippen molar-refractivity contribution in [3.63, 3.8) is 0 Å². The quantitative estimate of drug-likeness (QED) is 0.0881. The van der Waals surface area contributed by atoms with E-state index in [1.807, 2.05) is 73.8 Å². The van der Waals surface area contributed by atoms with E-state index in [1.54, 1.807) is 36.0 Å². The molecule has 1 unspecified atom stereocenters. The number of likely N-dealkylation sites (N-methyl/N-ethyl adjacent to an activating group) is 1. The minimum atomic E-state index is -0.961. The zero-order valence-electron chi connectivity index (χ0n) is 34.1. The molecule has 14 heteroatoms. The topological polar surface area (TPSA) is 116 Å². The van der Waals surface area contributed by atoms with Gasteiger partial charge in [0, 0.05) is 62.7 Å². The minimum Gasteiger partial charge on any atom is -0.496 e. The van der Waals surface area contributed by atoms with Gasteiger partial charge < -0.3 is 23.8 Å². The first-order chi connectivity index (χ1) is 29.8. The van der Waals surface area contributed by atoms with Crippen LogP contribution in [0.3, 0.4) is 0 Å². The highest BCUT2D eigenvalue weighted by Crippen LogP contribution is 2.44. The number of hydrogen-bond donors (Lipinski definition) is 0. The molecule has 8 rings (SSSR count). The van der Waals surface area contributed by atoms with Crippen LogP contribution in [0.4, 0.5) is 4.39 Å². The van der Waals surface area contributed by atoms with Crippen LogP contribution >= 0.6 is 11.6 Å². The van der Waals surface area contributed by atoms with E-state index in [-0.39, 0.29) is 24.7 Å². The third kappa shape index (κ3) is 9.34. The highest BCUT2D eigenvalue weighted by molar-refractivity contribution is 6.33. The first kappa shape index (κ1) is 41.3. The Morgan fingerprint density at radius 2 is 1.62 bits per heavy atom. The van der Waals surface area contributed by atoms with Crippen molar-refractivity contribution in [1.29, 1.82) is 0 Å². The summed E-state index contributed by atoms with van der Waals surface area (Å²) >= 11 is 7.06. The van der Waals surface area contributed by atoms with Crippen molar-refractivity contribution in [3.05, 3.63) is 137 Å². The molecule has 3 aromatic heterocycles. The average molecular weight is 842 g/mol. The van der Waals surface area contributed by atoms with Crippen LogP contribution in [0.2, 0.25) is 5.02 Å². The van der Waals surface area contributed by atoms with Crippen LogP contribution in [0.25, 0.3) is 39.2 Å². The van der Waals surface area contributed by atoms with E-state index in [0.717, 1.165) is 72.4 Å². The molecular formula is C47H45ClFN7O5. The monoisotopic (exact) mass is 841 g/mol. The van der Waals surface area contributed by atoms with Gasteiger partial charge in [0.05, 0.1) is 23.4 Å². The molecule has 12 nitrogen and oxygen atoms in total. The molecule has 1 aliphatic heterocycles. The molecule has 0 spiro atoms. The molecule has 0 saturated carbocycles. The predicted molar refractivity (Wildman–Crippen MR) is 232 cm³/mol. The van der Waals surface area contributed by atoms with E-state index >= 15 is 0 Å². The van der Waals surface area contributed by atoms with Crippen molar-refractivity contribution < 1.29 is 28.1 Å². The van der Waals surface area contributed by atoms with E-state index in [2.05, 4.69) is 31.9 Å². The molecule has 1 aliphatic rings. The molecule has 4 heterocycles. The number of aromatic nitrogens is 5. The fourth-order valence-electron chi connectivity index (χ4n) is 7.47. The van der Waals surface area contributed by atoms with Crippen LogP contribution in [0.5, 0.6) is 23.1 Å². The number of carbonyl (C=O) groups excluding carboxylic acids is 1. The fraction of sp³-hybridized carbons (Fsp3) is 0.255. The standard InChI is InChI=1S/C47H45ClFN7O5/c1-31-37(16-17-42(44(31)48)59-25-24-55-22-20-54(2)21-23-55)43-39(32-12-14-34(49)15-13-32)27-56-45(43)47(51-30-52-56)61-36(28-57)26-33-8-4-6-10-40(33)60-29-35-18-19-50-46(53-35)38-9-5-7-11-41(38)58-3/h4-19,27-28,30,36H,20-26,29H2,1-3H3. The Balaban J connectivity index is 1.06. The van der Waals surface area contributed by atoms with Gasteiger partial charge in [-0.05, 0) is 78.7 Å². The predicted octanol–water partition coefficient (Wildman–Crippen LogP) is 8.02. The SMILES string of the molecule is COc1ccccc1-c1nccc(COc2ccccc2CC(C=O)Oc2ncnn3cc(-c4ccc(F)cc4)c(-c4ccc(OCCN5CCN(C)CC5)c(Cl)c4C)c23)n1. The highest BCUT2D eigenvalue weighted by atomic mass is 35.5.